The first kappa shape index (κ1) is 27.1. The van der Waals surface area contributed by atoms with Crippen molar-refractivity contribution in [3.8, 4) is 0 Å². The monoisotopic (exact) mass is 564 g/mol. The fraction of sp³-hybridized carbons (Fsp3) is 0.440. The van der Waals surface area contributed by atoms with Crippen LogP contribution in [0.2, 0.25) is 0 Å². The molecule has 0 spiro atoms. The van der Waals surface area contributed by atoms with E-state index in [0.717, 1.165) is 63.8 Å². The zero-order valence-corrected chi connectivity index (χ0v) is 22.3. The number of nitrogens with one attached hydrogen (secondary N) is 3. The molecule has 1 saturated heterocycles. The third kappa shape index (κ3) is 8.94. The fourth-order valence-corrected chi connectivity index (χ4v) is 3.77. The van der Waals surface area contributed by atoms with E-state index in [1.807, 2.05) is 24.3 Å². The topological polar surface area (TPSA) is 72.0 Å². The summed E-state index contributed by atoms with van der Waals surface area (Å²) in [7, 11) is 5.61. The first-order valence-electron chi connectivity index (χ1n) is 11.3. The number of likely N-dealkylation sites (N-methyl/N-ethyl adjacent to an activating group) is 1. The lowest BCUT2D eigenvalue weighted by Gasteiger charge is -2.32. The van der Waals surface area contributed by atoms with Gasteiger partial charge in [0, 0.05) is 65.5 Å². The van der Waals surface area contributed by atoms with E-state index >= 15 is 0 Å². The third-order valence-electron chi connectivity index (χ3n) is 5.83. The van der Waals surface area contributed by atoms with Gasteiger partial charge in [0.05, 0.1) is 0 Å². The minimum atomic E-state index is -0.0631. The number of carbonyl (C=O) groups is 1. The maximum atomic E-state index is 11.8. The third-order valence-corrected chi connectivity index (χ3v) is 5.83. The van der Waals surface area contributed by atoms with Crippen molar-refractivity contribution >= 4 is 35.8 Å². The van der Waals surface area contributed by atoms with Gasteiger partial charge < -0.3 is 20.9 Å². The fourth-order valence-electron chi connectivity index (χ4n) is 3.77. The van der Waals surface area contributed by atoms with E-state index < -0.39 is 0 Å². The molecule has 3 rings (SSSR count). The van der Waals surface area contributed by atoms with Gasteiger partial charge in [0.2, 0.25) is 0 Å². The largest absolute Gasteiger partial charge is 0.356 e. The highest BCUT2D eigenvalue weighted by molar-refractivity contribution is 14.0. The molecule has 1 aliphatic rings. The number of guanidine groups is 1. The van der Waals surface area contributed by atoms with E-state index in [-0.39, 0.29) is 29.9 Å². The highest BCUT2D eigenvalue weighted by atomic mass is 127. The second kappa shape index (κ2) is 14.2. The molecule has 3 N–H and O–H groups in total. The molecule has 2 aromatic rings. The van der Waals surface area contributed by atoms with Crippen molar-refractivity contribution in [3.63, 3.8) is 0 Å². The Balaban J connectivity index is 0.00000385. The molecule has 7 nitrogen and oxygen atoms in total. The molecule has 2 aromatic carbocycles. The molecule has 180 valence electrons. The molecule has 0 unspecified atom stereocenters. The summed E-state index contributed by atoms with van der Waals surface area (Å²) in [6.07, 6.45) is 0.812. The Bertz CT molecular complexity index is 894. The molecular formula is C25H37IN6O. The van der Waals surface area contributed by atoms with Gasteiger partial charge in [0.15, 0.2) is 5.96 Å². The summed E-state index contributed by atoms with van der Waals surface area (Å²) in [6, 6.07) is 16.5. The summed E-state index contributed by atoms with van der Waals surface area (Å²) < 4.78 is 0. The number of carbonyl (C=O) groups excluding carboxylic acids is 1. The van der Waals surface area contributed by atoms with Crippen LogP contribution in [0.1, 0.15) is 27.0 Å². The number of amides is 1. The van der Waals surface area contributed by atoms with Crippen molar-refractivity contribution in [3.05, 3.63) is 70.8 Å². The quantitative estimate of drug-likeness (QED) is 0.261. The van der Waals surface area contributed by atoms with E-state index in [9.17, 15) is 4.79 Å². The van der Waals surface area contributed by atoms with E-state index in [0.29, 0.717) is 5.56 Å². The first-order chi connectivity index (χ1) is 15.6. The lowest BCUT2D eigenvalue weighted by atomic mass is 10.1. The van der Waals surface area contributed by atoms with Gasteiger partial charge in [-0.05, 0) is 42.3 Å². The molecule has 1 fully saturated rings. The number of hydrogen-bond acceptors (Lipinski definition) is 4. The summed E-state index contributed by atoms with van der Waals surface area (Å²) in [5, 5.41) is 9.38. The van der Waals surface area contributed by atoms with Crippen molar-refractivity contribution in [2.45, 2.75) is 19.5 Å². The van der Waals surface area contributed by atoms with Gasteiger partial charge in [-0.15, -0.1) is 24.0 Å². The van der Waals surface area contributed by atoms with E-state index in [4.69, 9.17) is 0 Å². The van der Waals surface area contributed by atoms with Gasteiger partial charge in [0.25, 0.3) is 5.91 Å². The normalized spacial score (nSPS) is 14.9. The average Bonchev–Trinajstić information content (AvgIpc) is 2.83. The predicted octanol–water partition coefficient (Wildman–Crippen LogP) is 2.32. The first-order valence-corrected chi connectivity index (χ1v) is 11.3. The van der Waals surface area contributed by atoms with Crippen LogP contribution < -0.4 is 16.0 Å². The number of piperazine rings is 1. The molecular weight excluding hydrogens is 527 g/mol. The molecule has 33 heavy (non-hydrogen) atoms. The number of halogens is 1. The van der Waals surface area contributed by atoms with Gasteiger partial charge in [-0.2, -0.15) is 0 Å². The summed E-state index contributed by atoms with van der Waals surface area (Å²) in [5.74, 6) is 0.709. The highest BCUT2D eigenvalue weighted by Gasteiger charge is 2.13. The Hall–Kier alpha value is -2.17. The van der Waals surface area contributed by atoms with Gasteiger partial charge >= 0.3 is 0 Å². The van der Waals surface area contributed by atoms with E-state index in [1.54, 1.807) is 14.1 Å². The van der Waals surface area contributed by atoms with Crippen LogP contribution in [-0.2, 0) is 19.5 Å². The maximum absolute atomic E-state index is 11.8. The molecule has 0 bridgehead atoms. The molecule has 1 heterocycles. The number of hydrogen-bond donors (Lipinski definition) is 3. The van der Waals surface area contributed by atoms with Gasteiger partial charge in [-0.1, -0.05) is 36.4 Å². The van der Waals surface area contributed by atoms with Crippen LogP contribution >= 0.6 is 24.0 Å². The van der Waals surface area contributed by atoms with Crippen LogP contribution in [0.4, 0.5) is 0 Å². The zero-order chi connectivity index (χ0) is 22.8. The number of rotatable bonds is 8. The molecule has 0 aromatic heterocycles. The number of aliphatic imine (C=N–C) groups is 1. The molecule has 1 aliphatic heterocycles. The van der Waals surface area contributed by atoms with Crippen molar-refractivity contribution in [2.24, 2.45) is 4.99 Å². The van der Waals surface area contributed by atoms with Crippen molar-refractivity contribution in [1.29, 1.82) is 0 Å². The maximum Gasteiger partial charge on any atom is 0.251 e. The molecule has 0 aliphatic carbocycles. The molecule has 0 saturated carbocycles. The summed E-state index contributed by atoms with van der Waals surface area (Å²) in [4.78, 5) is 21.0. The Labute approximate surface area is 215 Å². The Morgan fingerprint density at radius 3 is 2.33 bits per heavy atom. The molecule has 1 amide bonds. The second-order valence-electron chi connectivity index (χ2n) is 8.28. The van der Waals surface area contributed by atoms with Gasteiger partial charge in [0.1, 0.15) is 0 Å². The molecule has 0 atom stereocenters. The lowest BCUT2D eigenvalue weighted by Crippen LogP contribution is -2.43. The van der Waals surface area contributed by atoms with Crippen molar-refractivity contribution < 1.29 is 4.79 Å². The number of nitrogens with zero attached hydrogens (tertiary/aromatic N) is 3. The van der Waals surface area contributed by atoms with Gasteiger partial charge in [-0.25, -0.2) is 0 Å². The van der Waals surface area contributed by atoms with Crippen LogP contribution in [-0.4, -0.2) is 75.5 Å². The Kier molecular flexibility index (Phi) is 11.6. The summed E-state index contributed by atoms with van der Waals surface area (Å²) in [6.45, 7) is 7.05. The van der Waals surface area contributed by atoms with Crippen molar-refractivity contribution in [2.75, 3.05) is 53.9 Å². The van der Waals surface area contributed by atoms with Crippen LogP contribution in [0, 0.1) is 0 Å². The van der Waals surface area contributed by atoms with Crippen LogP contribution in [0.3, 0.4) is 0 Å². The van der Waals surface area contributed by atoms with Crippen LogP contribution in [0.15, 0.2) is 53.5 Å². The summed E-state index contributed by atoms with van der Waals surface area (Å²) in [5.41, 5.74) is 4.39. The van der Waals surface area contributed by atoms with E-state index in [1.165, 1.54) is 11.1 Å². The van der Waals surface area contributed by atoms with Crippen LogP contribution in [0.5, 0.6) is 0 Å². The Morgan fingerprint density at radius 2 is 1.67 bits per heavy atom. The number of benzene rings is 2. The predicted molar refractivity (Wildman–Crippen MR) is 146 cm³/mol. The minimum absolute atomic E-state index is 0. The minimum Gasteiger partial charge on any atom is -0.356 e. The van der Waals surface area contributed by atoms with Crippen LogP contribution in [0.25, 0.3) is 0 Å². The zero-order valence-electron chi connectivity index (χ0n) is 19.9. The molecule has 0 radical (unpaired) electrons. The standard InChI is InChI=1S/C25H36N6O.HI/c1-26-24(32)23-6-4-5-20(17-23)11-12-28-25(27-2)29-18-21-7-9-22(10-8-21)19-31-15-13-30(3)14-16-31;/h4-10,17H,11-16,18-19H2,1-3H3,(H,26,32)(H2,27,28,29);1H. The highest BCUT2D eigenvalue weighted by Crippen LogP contribution is 2.10. The Morgan fingerprint density at radius 1 is 0.970 bits per heavy atom. The van der Waals surface area contributed by atoms with Gasteiger partial charge in [-0.3, -0.25) is 14.7 Å². The lowest BCUT2D eigenvalue weighted by molar-refractivity contribution is 0.0963. The molecule has 8 heteroatoms. The van der Waals surface area contributed by atoms with E-state index in [2.05, 4.69) is 62.1 Å². The second-order valence-corrected chi connectivity index (χ2v) is 8.28. The van der Waals surface area contributed by atoms with Crippen molar-refractivity contribution in [1.82, 2.24) is 25.8 Å². The smallest absolute Gasteiger partial charge is 0.251 e. The summed E-state index contributed by atoms with van der Waals surface area (Å²) >= 11 is 0. The SMILES string of the molecule is CN=C(NCCc1cccc(C(=O)NC)c1)NCc1ccc(CN2CCN(C)CC2)cc1.I. The average molecular weight is 565 g/mol.